The maximum Gasteiger partial charge on any atom is 0.435 e. The van der Waals surface area contributed by atoms with Gasteiger partial charge in [-0.05, 0) is 31.5 Å². The Bertz CT molecular complexity index is 1400. The number of pyridine rings is 1. The Morgan fingerprint density at radius 1 is 1.06 bits per heavy atom. The number of rotatable bonds is 2. The van der Waals surface area contributed by atoms with E-state index >= 15 is 0 Å². The van der Waals surface area contributed by atoms with Crippen molar-refractivity contribution in [2.75, 3.05) is 6.54 Å². The molecule has 0 saturated heterocycles. The number of nitrogens with zero attached hydrogens (tertiary/aromatic N) is 6. The number of hydrogen-bond acceptors (Lipinski definition) is 4. The Hall–Kier alpha value is -3.69. The van der Waals surface area contributed by atoms with E-state index in [1.165, 1.54) is 11.7 Å². The molecule has 0 spiro atoms. The van der Waals surface area contributed by atoms with Crippen LogP contribution in [-0.4, -0.2) is 41.9 Å². The van der Waals surface area contributed by atoms with Gasteiger partial charge in [0, 0.05) is 37.3 Å². The molecule has 7 nitrogen and oxygen atoms in total. The van der Waals surface area contributed by atoms with Crippen LogP contribution in [-0.2, 0) is 33.2 Å². The molecule has 4 aromatic rings. The molecule has 1 amide bonds. The molecule has 0 N–H and O–H groups in total. The molecular formula is C23H21F3N6O. The first-order valence-corrected chi connectivity index (χ1v) is 10.5. The predicted molar refractivity (Wildman–Crippen MR) is 115 cm³/mol. The van der Waals surface area contributed by atoms with Crippen molar-refractivity contribution in [3.05, 3.63) is 64.6 Å². The third kappa shape index (κ3) is 3.55. The standard InChI is InChI=1S/C23H21F3N6O/c1-13-10-16(14-6-4-5-7-17(14)27-13)22(33)32-9-8-15-18(12-32)28-31(3)21(15)19-11-20(23(24,25)26)29-30(19)2/h4-7,10-11H,8-9,12H2,1-3H3. The summed E-state index contributed by atoms with van der Waals surface area (Å²) in [6.45, 7) is 2.57. The molecular weight excluding hydrogens is 433 g/mol. The van der Waals surface area contributed by atoms with Crippen LogP contribution < -0.4 is 0 Å². The lowest BCUT2D eigenvalue weighted by atomic mass is 10.0. The minimum Gasteiger partial charge on any atom is -0.332 e. The van der Waals surface area contributed by atoms with E-state index < -0.39 is 11.9 Å². The lowest BCUT2D eigenvalue weighted by molar-refractivity contribution is -0.141. The molecule has 170 valence electrons. The molecule has 0 radical (unpaired) electrons. The van der Waals surface area contributed by atoms with Gasteiger partial charge in [0.2, 0.25) is 0 Å². The van der Waals surface area contributed by atoms with Crippen molar-refractivity contribution < 1.29 is 18.0 Å². The molecule has 0 fully saturated rings. The second-order valence-corrected chi connectivity index (χ2v) is 8.24. The van der Waals surface area contributed by atoms with Gasteiger partial charge in [0.15, 0.2) is 5.69 Å². The SMILES string of the molecule is Cc1cc(C(=O)N2CCc3c(nn(C)c3-c3cc(C(F)(F)F)nn3C)C2)c2ccccc2n1. The lowest BCUT2D eigenvalue weighted by Gasteiger charge is -2.27. The van der Waals surface area contributed by atoms with Gasteiger partial charge in [-0.3, -0.25) is 19.1 Å². The van der Waals surface area contributed by atoms with E-state index in [4.69, 9.17) is 0 Å². The number of halogens is 3. The summed E-state index contributed by atoms with van der Waals surface area (Å²) in [7, 11) is 3.18. The maximum atomic E-state index is 13.4. The maximum absolute atomic E-state index is 13.4. The Kier molecular flexibility index (Phi) is 4.77. The third-order valence-electron chi connectivity index (χ3n) is 5.98. The van der Waals surface area contributed by atoms with Crippen LogP contribution in [0.5, 0.6) is 0 Å². The Labute approximate surface area is 187 Å². The molecule has 4 heterocycles. The number of carbonyl (C=O) groups excluding carboxylic acids is 1. The highest BCUT2D eigenvalue weighted by molar-refractivity contribution is 6.06. The summed E-state index contributed by atoms with van der Waals surface area (Å²) in [5.41, 5.74) is 3.61. The second-order valence-electron chi connectivity index (χ2n) is 8.24. The molecule has 1 aromatic carbocycles. The molecule has 0 unspecified atom stereocenters. The number of para-hydroxylation sites is 1. The van der Waals surface area contributed by atoms with Crippen LogP contribution in [0.25, 0.3) is 22.3 Å². The average molecular weight is 454 g/mol. The van der Waals surface area contributed by atoms with Gasteiger partial charge in [0.25, 0.3) is 5.91 Å². The summed E-state index contributed by atoms with van der Waals surface area (Å²) >= 11 is 0. The van der Waals surface area contributed by atoms with Crippen LogP contribution in [0, 0.1) is 6.92 Å². The van der Waals surface area contributed by atoms with Crippen LogP contribution in [0.3, 0.4) is 0 Å². The second kappa shape index (κ2) is 7.43. The van der Waals surface area contributed by atoms with E-state index in [0.717, 1.165) is 28.2 Å². The fourth-order valence-corrected chi connectivity index (χ4v) is 4.50. The van der Waals surface area contributed by atoms with Gasteiger partial charge in [-0.2, -0.15) is 23.4 Å². The number of aryl methyl sites for hydroxylation is 3. The fourth-order valence-electron chi connectivity index (χ4n) is 4.50. The highest BCUT2D eigenvalue weighted by atomic mass is 19.4. The van der Waals surface area contributed by atoms with Gasteiger partial charge in [-0.25, -0.2) is 0 Å². The largest absolute Gasteiger partial charge is 0.435 e. The molecule has 10 heteroatoms. The Morgan fingerprint density at radius 2 is 1.82 bits per heavy atom. The molecule has 0 saturated carbocycles. The van der Waals surface area contributed by atoms with Crippen molar-refractivity contribution in [2.45, 2.75) is 26.1 Å². The number of aromatic nitrogens is 5. The molecule has 0 atom stereocenters. The summed E-state index contributed by atoms with van der Waals surface area (Å²) in [5, 5.41) is 8.95. The van der Waals surface area contributed by atoms with Crippen molar-refractivity contribution >= 4 is 16.8 Å². The van der Waals surface area contributed by atoms with Gasteiger partial charge in [0.1, 0.15) is 0 Å². The first kappa shape index (κ1) is 21.2. The van der Waals surface area contributed by atoms with Crippen LogP contribution >= 0.6 is 0 Å². The Balaban J connectivity index is 1.50. The molecule has 5 rings (SSSR count). The topological polar surface area (TPSA) is 68.8 Å². The highest BCUT2D eigenvalue weighted by Crippen LogP contribution is 2.35. The number of benzene rings is 1. The zero-order valence-electron chi connectivity index (χ0n) is 18.3. The normalized spacial score (nSPS) is 14.1. The number of amides is 1. The summed E-state index contributed by atoms with van der Waals surface area (Å²) in [6, 6.07) is 10.3. The molecule has 0 bridgehead atoms. The summed E-state index contributed by atoms with van der Waals surface area (Å²) in [6.07, 6.45) is -4.04. The Morgan fingerprint density at radius 3 is 2.55 bits per heavy atom. The summed E-state index contributed by atoms with van der Waals surface area (Å²) < 4.78 is 42.3. The van der Waals surface area contributed by atoms with Gasteiger partial charge in [0.05, 0.1) is 34.7 Å². The van der Waals surface area contributed by atoms with E-state index in [0.29, 0.717) is 35.6 Å². The molecule has 33 heavy (non-hydrogen) atoms. The van der Waals surface area contributed by atoms with Crippen LogP contribution in [0.4, 0.5) is 13.2 Å². The van der Waals surface area contributed by atoms with Crippen molar-refractivity contribution in [1.82, 2.24) is 29.4 Å². The van der Waals surface area contributed by atoms with E-state index in [1.54, 1.807) is 22.7 Å². The quantitative estimate of drug-likeness (QED) is 0.461. The number of alkyl halides is 3. The average Bonchev–Trinajstić information content (AvgIpc) is 3.30. The molecule has 0 aliphatic carbocycles. The lowest BCUT2D eigenvalue weighted by Crippen LogP contribution is -2.36. The number of hydrogen-bond donors (Lipinski definition) is 0. The predicted octanol–water partition coefficient (Wildman–Crippen LogP) is 3.89. The van der Waals surface area contributed by atoms with Gasteiger partial charge in [-0.15, -0.1) is 0 Å². The zero-order valence-corrected chi connectivity index (χ0v) is 18.3. The highest BCUT2D eigenvalue weighted by Gasteiger charge is 2.36. The third-order valence-corrected chi connectivity index (χ3v) is 5.98. The zero-order chi connectivity index (χ0) is 23.5. The van der Waals surface area contributed by atoms with Crippen molar-refractivity contribution in [2.24, 2.45) is 14.1 Å². The molecule has 1 aliphatic heterocycles. The van der Waals surface area contributed by atoms with Crippen molar-refractivity contribution in [3.8, 4) is 11.4 Å². The molecule has 3 aromatic heterocycles. The van der Waals surface area contributed by atoms with E-state index in [-0.39, 0.29) is 12.5 Å². The molecule has 1 aliphatic rings. The minimum atomic E-state index is -4.52. The number of fused-ring (bicyclic) bond motifs is 2. The van der Waals surface area contributed by atoms with Gasteiger partial charge >= 0.3 is 6.18 Å². The van der Waals surface area contributed by atoms with Crippen molar-refractivity contribution in [1.29, 1.82) is 0 Å². The first-order chi connectivity index (χ1) is 15.6. The van der Waals surface area contributed by atoms with Crippen LogP contribution in [0.2, 0.25) is 0 Å². The summed E-state index contributed by atoms with van der Waals surface area (Å²) in [5.74, 6) is -0.116. The fraction of sp³-hybridized carbons (Fsp3) is 0.304. The van der Waals surface area contributed by atoms with E-state index in [9.17, 15) is 18.0 Å². The monoisotopic (exact) mass is 454 g/mol. The van der Waals surface area contributed by atoms with E-state index in [2.05, 4.69) is 15.2 Å². The van der Waals surface area contributed by atoms with Crippen LogP contribution in [0.15, 0.2) is 36.4 Å². The van der Waals surface area contributed by atoms with Gasteiger partial charge < -0.3 is 4.90 Å². The summed E-state index contributed by atoms with van der Waals surface area (Å²) in [4.78, 5) is 19.7. The van der Waals surface area contributed by atoms with Gasteiger partial charge in [-0.1, -0.05) is 18.2 Å². The smallest absolute Gasteiger partial charge is 0.332 e. The minimum absolute atomic E-state index is 0.116. The van der Waals surface area contributed by atoms with Crippen LogP contribution in [0.1, 0.15) is 33.0 Å². The van der Waals surface area contributed by atoms with Crippen molar-refractivity contribution in [3.63, 3.8) is 0 Å². The number of carbonyl (C=O) groups is 1. The first-order valence-electron chi connectivity index (χ1n) is 10.5. The van der Waals surface area contributed by atoms with E-state index in [1.807, 2.05) is 31.2 Å².